The number of rotatable bonds is 3. The highest BCUT2D eigenvalue weighted by atomic mass is 15.1. The van der Waals surface area contributed by atoms with Crippen LogP contribution in [0.5, 0.6) is 0 Å². The highest BCUT2D eigenvalue weighted by Gasteiger charge is 2.20. The molecule has 96 valence electrons. The lowest BCUT2D eigenvalue weighted by Crippen LogP contribution is -2.17. The lowest BCUT2D eigenvalue weighted by atomic mass is 9.95. The van der Waals surface area contributed by atoms with E-state index in [1.165, 1.54) is 43.4 Å². The maximum Gasteiger partial charge on any atom is 0.111 e. The van der Waals surface area contributed by atoms with Gasteiger partial charge in [0.15, 0.2) is 0 Å². The van der Waals surface area contributed by atoms with Crippen molar-refractivity contribution in [2.24, 2.45) is 5.73 Å². The van der Waals surface area contributed by atoms with E-state index < -0.39 is 0 Å². The van der Waals surface area contributed by atoms with Gasteiger partial charge in [-0.2, -0.15) is 0 Å². The van der Waals surface area contributed by atoms with Crippen molar-refractivity contribution in [2.45, 2.75) is 44.6 Å². The molecule has 1 aliphatic carbocycles. The van der Waals surface area contributed by atoms with Gasteiger partial charge in [0.05, 0.1) is 11.0 Å². The molecule has 0 amide bonds. The standard InChI is InChI=1S/C15H21N3/c16-11-10-15-17-13-8-4-5-9-14(13)18(15)12-6-2-1-3-7-12/h4-5,8-9,12H,1-3,6-7,10-11,16H2. The van der Waals surface area contributed by atoms with E-state index in [1.54, 1.807) is 0 Å². The van der Waals surface area contributed by atoms with Crippen molar-refractivity contribution < 1.29 is 0 Å². The Morgan fingerprint density at radius 1 is 1.17 bits per heavy atom. The van der Waals surface area contributed by atoms with Gasteiger partial charge < -0.3 is 10.3 Å². The van der Waals surface area contributed by atoms with Gasteiger partial charge in [-0.25, -0.2) is 4.98 Å². The van der Waals surface area contributed by atoms with Gasteiger partial charge in [0.1, 0.15) is 5.82 Å². The summed E-state index contributed by atoms with van der Waals surface area (Å²) >= 11 is 0. The van der Waals surface area contributed by atoms with Crippen LogP contribution in [0.2, 0.25) is 0 Å². The van der Waals surface area contributed by atoms with Crippen molar-refractivity contribution in [1.29, 1.82) is 0 Å². The second kappa shape index (κ2) is 5.11. The van der Waals surface area contributed by atoms with E-state index >= 15 is 0 Å². The van der Waals surface area contributed by atoms with Crippen molar-refractivity contribution in [1.82, 2.24) is 9.55 Å². The third-order valence-electron chi connectivity index (χ3n) is 3.98. The largest absolute Gasteiger partial charge is 0.330 e. The van der Waals surface area contributed by atoms with Gasteiger partial charge in [-0.1, -0.05) is 31.4 Å². The first kappa shape index (κ1) is 11.7. The van der Waals surface area contributed by atoms with Crippen molar-refractivity contribution >= 4 is 11.0 Å². The van der Waals surface area contributed by atoms with E-state index in [0.717, 1.165) is 11.9 Å². The molecule has 1 fully saturated rings. The van der Waals surface area contributed by atoms with E-state index in [9.17, 15) is 0 Å². The van der Waals surface area contributed by atoms with E-state index in [0.29, 0.717) is 12.6 Å². The predicted octanol–water partition coefficient (Wildman–Crippen LogP) is 3.04. The molecule has 1 aliphatic rings. The summed E-state index contributed by atoms with van der Waals surface area (Å²) < 4.78 is 2.46. The highest BCUT2D eigenvalue weighted by Crippen LogP contribution is 2.32. The molecule has 0 bridgehead atoms. The van der Waals surface area contributed by atoms with Crippen LogP contribution in [0, 0.1) is 0 Å². The number of nitrogens with two attached hydrogens (primary N) is 1. The number of aromatic nitrogens is 2. The number of nitrogens with zero attached hydrogens (tertiary/aromatic N) is 2. The maximum absolute atomic E-state index is 5.73. The Labute approximate surface area is 108 Å². The third-order valence-corrected chi connectivity index (χ3v) is 3.98. The van der Waals surface area contributed by atoms with Crippen molar-refractivity contribution in [3.63, 3.8) is 0 Å². The lowest BCUT2D eigenvalue weighted by molar-refractivity contribution is 0.352. The summed E-state index contributed by atoms with van der Waals surface area (Å²) in [6.07, 6.45) is 7.54. The van der Waals surface area contributed by atoms with Crippen LogP contribution in [0.3, 0.4) is 0 Å². The fourth-order valence-electron chi connectivity index (χ4n) is 3.15. The monoisotopic (exact) mass is 243 g/mol. The zero-order valence-electron chi connectivity index (χ0n) is 10.8. The lowest BCUT2D eigenvalue weighted by Gasteiger charge is -2.25. The molecule has 2 aromatic rings. The quantitative estimate of drug-likeness (QED) is 0.900. The van der Waals surface area contributed by atoms with Crippen molar-refractivity contribution in [3.05, 3.63) is 30.1 Å². The fraction of sp³-hybridized carbons (Fsp3) is 0.533. The first-order chi connectivity index (χ1) is 8.90. The third kappa shape index (κ3) is 2.03. The summed E-state index contributed by atoms with van der Waals surface area (Å²) in [6.45, 7) is 0.677. The summed E-state index contributed by atoms with van der Waals surface area (Å²) in [5.74, 6) is 1.17. The summed E-state index contributed by atoms with van der Waals surface area (Å²) in [5.41, 5.74) is 8.13. The second-order valence-electron chi connectivity index (χ2n) is 5.22. The van der Waals surface area contributed by atoms with Crippen LogP contribution in [-0.2, 0) is 6.42 Å². The smallest absolute Gasteiger partial charge is 0.111 e. The molecule has 1 heterocycles. The number of fused-ring (bicyclic) bond motifs is 1. The molecule has 0 radical (unpaired) electrons. The number of imidazole rings is 1. The van der Waals surface area contributed by atoms with Crippen LogP contribution in [0.25, 0.3) is 11.0 Å². The Morgan fingerprint density at radius 2 is 1.94 bits per heavy atom. The SMILES string of the molecule is NCCc1nc2ccccc2n1C1CCCCC1. The van der Waals surface area contributed by atoms with Gasteiger partial charge in [0.25, 0.3) is 0 Å². The van der Waals surface area contributed by atoms with E-state index in [2.05, 4.69) is 28.8 Å². The fourth-order valence-corrected chi connectivity index (χ4v) is 3.15. The van der Waals surface area contributed by atoms with Gasteiger partial charge in [-0.3, -0.25) is 0 Å². The molecule has 1 saturated carbocycles. The normalized spacial score (nSPS) is 17.4. The van der Waals surface area contributed by atoms with Crippen molar-refractivity contribution in [3.8, 4) is 0 Å². The van der Waals surface area contributed by atoms with Crippen LogP contribution >= 0.6 is 0 Å². The molecule has 0 spiro atoms. The summed E-state index contributed by atoms with van der Waals surface area (Å²) in [5, 5.41) is 0. The predicted molar refractivity (Wildman–Crippen MR) is 74.6 cm³/mol. The minimum absolute atomic E-state index is 0.632. The van der Waals surface area contributed by atoms with Gasteiger partial charge in [0, 0.05) is 12.5 Å². The molecule has 0 unspecified atom stereocenters. The molecule has 0 atom stereocenters. The Bertz CT molecular complexity index is 524. The van der Waals surface area contributed by atoms with Crippen LogP contribution in [0.4, 0.5) is 0 Å². The summed E-state index contributed by atoms with van der Waals surface area (Å²) in [7, 11) is 0. The van der Waals surface area contributed by atoms with Gasteiger partial charge in [0.2, 0.25) is 0 Å². The molecule has 3 heteroatoms. The Hall–Kier alpha value is -1.35. The first-order valence-corrected chi connectivity index (χ1v) is 7.06. The number of hydrogen-bond acceptors (Lipinski definition) is 2. The van der Waals surface area contributed by atoms with Crippen LogP contribution in [0.1, 0.15) is 44.0 Å². The molecule has 0 aliphatic heterocycles. The van der Waals surface area contributed by atoms with Crippen molar-refractivity contribution in [2.75, 3.05) is 6.54 Å². The molecule has 1 aromatic heterocycles. The number of hydrogen-bond donors (Lipinski definition) is 1. The zero-order valence-corrected chi connectivity index (χ0v) is 10.8. The molecule has 2 N–H and O–H groups in total. The molecule has 0 saturated heterocycles. The first-order valence-electron chi connectivity index (χ1n) is 7.06. The Kier molecular flexibility index (Phi) is 3.33. The second-order valence-corrected chi connectivity index (χ2v) is 5.22. The molecule has 1 aromatic carbocycles. The molecule has 18 heavy (non-hydrogen) atoms. The number of para-hydroxylation sites is 2. The number of benzene rings is 1. The van der Waals surface area contributed by atoms with Gasteiger partial charge in [-0.05, 0) is 31.5 Å². The van der Waals surface area contributed by atoms with Crippen LogP contribution < -0.4 is 5.73 Å². The molecular formula is C15H21N3. The minimum atomic E-state index is 0.632. The average Bonchev–Trinajstić information content (AvgIpc) is 2.78. The minimum Gasteiger partial charge on any atom is -0.330 e. The van der Waals surface area contributed by atoms with Gasteiger partial charge >= 0.3 is 0 Å². The zero-order chi connectivity index (χ0) is 12.4. The van der Waals surface area contributed by atoms with E-state index in [4.69, 9.17) is 10.7 Å². The summed E-state index contributed by atoms with van der Waals surface area (Å²) in [6, 6.07) is 9.10. The average molecular weight is 243 g/mol. The molecule has 3 rings (SSSR count). The van der Waals surface area contributed by atoms with E-state index in [1.807, 2.05) is 0 Å². The van der Waals surface area contributed by atoms with Gasteiger partial charge in [-0.15, -0.1) is 0 Å². The Morgan fingerprint density at radius 3 is 2.72 bits per heavy atom. The molecular weight excluding hydrogens is 222 g/mol. The van der Waals surface area contributed by atoms with Crippen LogP contribution in [-0.4, -0.2) is 16.1 Å². The molecule has 3 nitrogen and oxygen atoms in total. The van der Waals surface area contributed by atoms with E-state index in [-0.39, 0.29) is 0 Å². The van der Waals surface area contributed by atoms with Crippen LogP contribution in [0.15, 0.2) is 24.3 Å². The maximum atomic E-state index is 5.73. The topological polar surface area (TPSA) is 43.8 Å². The summed E-state index contributed by atoms with van der Waals surface area (Å²) in [4.78, 5) is 4.76. The Balaban J connectivity index is 2.07. The highest BCUT2D eigenvalue weighted by molar-refractivity contribution is 5.76.